The van der Waals surface area contributed by atoms with Crippen LogP contribution in [0, 0.1) is 11.3 Å². The van der Waals surface area contributed by atoms with Crippen LogP contribution in [0.25, 0.3) is 0 Å². The molecule has 0 bridgehead atoms. The highest BCUT2D eigenvalue weighted by Gasteiger charge is 2.21. The van der Waals surface area contributed by atoms with Gasteiger partial charge in [0, 0.05) is 27.1 Å². The minimum atomic E-state index is -0.589. The van der Waals surface area contributed by atoms with E-state index >= 15 is 0 Å². The topological polar surface area (TPSA) is 98.5 Å². The fourth-order valence-corrected chi connectivity index (χ4v) is 3.67. The van der Waals surface area contributed by atoms with Crippen molar-refractivity contribution >= 4 is 11.8 Å². The Balaban J connectivity index is 2.12. The lowest BCUT2D eigenvalue weighted by molar-refractivity contribution is 0.587. The molecule has 0 atom stereocenters. The number of hydrogen-bond donors (Lipinski definition) is 0. The van der Waals surface area contributed by atoms with Crippen molar-refractivity contribution in [3.8, 4) is 6.07 Å². The Morgan fingerprint density at radius 1 is 1.13 bits per heavy atom. The molecule has 120 valence electrons. The molecule has 9 heteroatoms. The van der Waals surface area contributed by atoms with Gasteiger partial charge in [-0.25, -0.2) is 4.79 Å². The number of aromatic nitrogens is 5. The average Bonchev–Trinajstić information content (AvgIpc) is 2.78. The molecule has 0 aromatic carbocycles. The van der Waals surface area contributed by atoms with Gasteiger partial charge in [-0.05, 0) is 24.6 Å². The number of fused-ring (bicyclic) bond motifs is 1. The van der Waals surface area contributed by atoms with Crippen LogP contribution in [0.3, 0.4) is 0 Å². The summed E-state index contributed by atoms with van der Waals surface area (Å²) in [5, 5.41) is 18.6. The third-order valence-corrected chi connectivity index (χ3v) is 5.14. The summed E-state index contributed by atoms with van der Waals surface area (Å²) in [5.74, 6) is 0.914. The highest BCUT2D eigenvalue weighted by atomic mass is 32.2. The van der Waals surface area contributed by atoms with Crippen molar-refractivity contribution in [3.05, 3.63) is 32.2 Å². The summed E-state index contributed by atoms with van der Waals surface area (Å²) in [4.78, 5) is 24.2. The van der Waals surface area contributed by atoms with Crippen molar-refractivity contribution in [1.82, 2.24) is 23.9 Å². The first-order valence-corrected chi connectivity index (χ1v) is 8.16. The number of hydrogen-bond acceptors (Lipinski definition) is 6. The third kappa shape index (κ3) is 2.59. The number of rotatable bonds is 2. The third-order valence-electron chi connectivity index (χ3n) is 3.99. The van der Waals surface area contributed by atoms with Crippen molar-refractivity contribution in [2.24, 2.45) is 14.1 Å². The van der Waals surface area contributed by atoms with Crippen LogP contribution < -0.4 is 11.2 Å². The summed E-state index contributed by atoms with van der Waals surface area (Å²) in [5.41, 5.74) is -1.11. The van der Waals surface area contributed by atoms with Crippen molar-refractivity contribution in [1.29, 1.82) is 5.26 Å². The van der Waals surface area contributed by atoms with E-state index in [4.69, 9.17) is 0 Å². The number of nitriles is 1. The van der Waals surface area contributed by atoms with Gasteiger partial charge in [-0.2, -0.15) is 5.26 Å². The van der Waals surface area contributed by atoms with Crippen LogP contribution in [0.1, 0.15) is 30.7 Å². The van der Waals surface area contributed by atoms with Gasteiger partial charge < -0.3 is 4.57 Å². The van der Waals surface area contributed by atoms with E-state index in [1.165, 1.54) is 11.6 Å². The molecule has 23 heavy (non-hydrogen) atoms. The van der Waals surface area contributed by atoms with Crippen LogP contribution in [0.15, 0.2) is 19.8 Å². The fourth-order valence-electron chi connectivity index (χ4n) is 2.66. The van der Waals surface area contributed by atoms with Gasteiger partial charge in [0.25, 0.3) is 5.56 Å². The first-order chi connectivity index (χ1) is 11.0. The fraction of sp³-hybridized carbons (Fsp3) is 0.500. The molecule has 3 rings (SSSR count). The molecule has 2 aromatic heterocycles. The van der Waals surface area contributed by atoms with Crippen molar-refractivity contribution in [2.45, 2.75) is 42.4 Å². The van der Waals surface area contributed by atoms with Crippen molar-refractivity contribution in [3.63, 3.8) is 0 Å². The predicted octanol–water partition coefficient (Wildman–Crippen LogP) is 0.425. The summed E-state index contributed by atoms with van der Waals surface area (Å²) in [6.07, 6.45) is 4.13. The minimum Gasteiger partial charge on any atom is -0.306 e. The Hall–Kier alpha value is -2.34. The Bertz CT molecular complexity index is 917. The highest BCUT2D eigenvalue weighted by molar-refractivity contribution is 7.99. The maximum absolute atomic E-state index is 12.1. The summed E-state index contributed by atoms with van der Waals surface area (Å²) in [6.45, 7) is 0.811. The van der Waals surface area contributed by atoms with E-state index in [1.807, 2.05) is 10.6 Å². The predicted molar refractivity (Wildman–Crippen MR) is 83.3 cm³/mol. The second-order valence-corrected chi connectivity index (χ2v) is 6.42. The lowest BCUT2D eigenvalue weighted by atomic mass is 10.2. The second kappa shape index (κ2) is 6.04. The van der Waals surface area contributed by atoms with E-state index < -0.39 is 11.2 Å². The summed E-state index contributed by atoms with van der Waals surface area (Å²) >= 11 is 1.15. The Morgan fingerprint density at radius 3 is 2.65 bits per heavy atom. The molecule has 0 saturated carbocycles. The first kappa shape index (κ1) is 15.6. The van der Waals surface area contributed by atoms with E-state index in [-0.39, 0.29) is 5.56 Å². The number of aryl methyl sites for hydroxylation is 1. The summed E-state index contributed by atoms with van der Waals surface area (Å²) in [7, 11) is 2.91. The van der Waals surface area contributed by atoms with Gasteiger partial charge in [0.15, 0.2) is 5.16 Å². The second-order valence-electron chi connectivity index (χ2n) is 5.46. The molecule has 0 saturated heterocycles. The molecule has 1 aliphatic rings. The molecule has 0 unspecified atom stereocenters. The minimum absolute atomic E-state index is 0.0504. The van der Waals surface area contributed by atoms with E-state index in [9.17, 15) is 14.9 Å². The summed E-state index contributed by atoms with van der Waals surface area (Å²) < 4.78 is 4.26. The lowest BCUT2D eigenvalue weighted by Gasteiger charge is -2.11. The monoisotopic (exact) mass is 332 g/mol. The Morgan fingerprint density at radius 2 is 1.91 bits per heavy atom. The zero-order chi connectivity index (χ0) is 16.6. The molecule has 0 spiro atoms. The van der Waals surface area contributed by atoms with E-state index in [0.29, 0.717) is 10.2 Å². The summed E-state index contributed by atoms with van der Waals surface area (Å²) in [6, 6.07) is 1.91. The molecule has 2 aromatic rings. The van der Waals surface area contributed by atoms with Crippen LogP contribution in [0.5, 0.6) is 0 Å². The maximum atomic E-state index is 12.1. The first-order valence-electron chi connectivity index (χ1n) is 7.34. The van der Waals surface area contributed by atoms with Gasteiger partial charge >= 0.3 is 5.69 Å². The van der Waals surface area contributed by atoms with Crippen LogP contribution >= 0.6 is 11.8 Å². The molecule has 3 heterocycles. The quantitative estimate of drug-likeness (QED) is 0.739. The highest BCUT2D eigenvalue weighted by Crippen LogP contribution is 2.28. The SMILES string of the molecule is Cn1c(Sc2nnc3n2CCCCC3)c(C#N)c(=O)n(C)c1=O. The smallest absolute Gasteiger partial charge is 0.306 e. The zero-order valence-corrected chi connectivity index (χ0v) is 13.8. The van der Waals surface area contributed by atoms with E-state index in [2.05, 4.69) is 10.2 Å². The van der Waals surface area contributed by atoms with Gasteiger partial charge in [-0.15, -0.1) is 10.2 Å². The molecule has 0 N–H and O–H groups in total. The standard InChI is InChI=1S/C14H16N6O2S/c1-18-11(21)9(8-15)12(19(2)14(18)22)23-13-17-16-10-6-4-3-5-7-20(10)13/h3-7H2,1-2H3. The average molecular weight is 332 g/mol. The molecule has 1 aliphatic heterocycles. The van der Waals surface area contributed by atoms with Gasteiger partial charge in [0.05, 0.1) is 0 Å². The number of nitrogens with zero attached hydrogens (tertiary/aromatic N) is 6. The maximum Gasteiger partial charge on any atom is 0.331 e. The van der Waals surface area contributed by atoms with Crippen LogP contribution in [-0.4, -0.2) is 23.9 Å². The molecule has 0 aliphatic carbocycles. The van der Waals surface area contributed by atoms with Gasteiger partial charge in [-0.3, -0.25) is 13.9 Å². The van der Waals surface area contributed by atoms with Gasteiger partial charge in [0.2, 0.25) is 0 Å². The molecule has 0 fully saturated rings. The molecular formula is C14H16N6O2S. The van der Waals surface area contributed by atoms with Crippen molar-refractivity contribution < 1.29 is 0 Å². The van der Waals surface area contributed by atoms with E-state index in [1.54, 1.807) is 7.05 Å². The zero-order valence-electron chi connectivity index (χ0n) is 12.9. The Kier molecular flexibility index (Phi) is 4.09. The molecular weight excluding hydrogens is 316 g/mol. The normalized spacial score (nSPS) is 14.1. The van der Waals surface area contributed by atoms with Crippen LogP contribution in [-0.2, 0) is 27.1 Å². The largest absolute Gasteiger partial charge is 0.331 e. The van der Waals surface area contributed by atoms with E-state index in [0.717, 1.165) is 54.4 Å². The van der Waals surface area contributed by atoms with Crippen LogP contribution in [0.4, 0.5) is 0 Å². The molecule has 0 radical (unpaired) electrons. The van der Waals surface area contributed by atoms with Crippen LogP contribution in [0.2, 0.25) is 0 Å². The lowest BCUT2D eigenvalue weighted by Crippen LogP contribution is -2.39. The van der Waals surface area contributed by atoms with Gasteiger partial charge in [0.1, 0.15) is 22.5 Å². The van der Waals surface area contributed by atoms with Crippen molar-refractivity contribution in [2.75, 3.05) is 0 Å². The van der Waals surface area contributed by atoms with Gasteiger partial charge in [-0.1, -0.05) is 6.42 Å². The Labute approximate surface area is 136 Å². The molecule has 8 nitrogen and oxygen atoms in total. The molecule has 0 amide bonds.